The van der Waals surface area contributed by atoms with Crippen LogP contribution in [0.2, 0.25) is 0 Å². The third kappa shape index (κ3) is 4.99. The second-order valence-electron chi connectivity index (χ2n) is 7.98. The van der Waals surface area contributed by atoms with Crippen molar-refractivity contribution in [1.29, 1.82) is 0 Å². The summed E-state index contributed by atoms with van der Waals surface area (Å²) in [6.45, 7) is 0. The number of methoxy groups -OCH3 is 1. The van der Waals surface area contributed by atoms with Crippen LogP contribution in [0.3, 0.4) is 0 Å². The SMILES string of the molecule is COc1ccc(NC(=O)C2=NN(C3CCS(=O)(=O)C3)C(=O)CC2)cc1Cc1ccccc1. The van der Waals surface area contributed by atoms with Crippen LogP contribution < -0.4 is 10.1 Å². The van der Waals surface area contributed by atoms with Gasteiger partial charge < -0.3 is 10.1 Å². The van der Waals surface area contributed by atoms with Gasteiger partial charge in [-0.3, -0.25) is 9.59 Å². The third-order valence-corrected chi connectivity index (χ3v) is 7.40. The molecule has 1 unspecified atom stereocenters. The fourth-order valence-corrected chi connectivity index (χ4v) is 5.69. The van der Waals surface area contributed by atoms with Crippen molar-refractivity contribution in [1.82, 2.24) is 5.01 Å². The first kappa shape index (κ1) is 22.0. The summed E-state index contributed by atoms with van der Waals surface area (Å²) < 4.78 is 29.0. The molecule has 2 aliphatic rings. The smallest absolute Gasteiger partial charge is 0.271 e. The second kappa shape index (κ2) is 9.12. The molecule has 32 heavy (non-hydrogen) atoms. The molecule has 8 nitrogen and oxygen atoms in total. The van der Waals surface area contributed by atoms with Gasteiger partial charge in [-0.2, -0.15) is 5.10 Å². The highest BCUT2D eigenvalue weighted by molar-refractivity contribution is 7.91. The Morgan fingerprint density at radius 3 is 2.66 bits per heavy atom. The molecule has 0 aromatic heterocycles. The van der Waals surface area contributed by atoms with Gasteiger partial charge >= 0.3 is 0 Å². The molecular weight excluding hydrogens is 430 g/mol. The van der Waals surface area contributed by atoms with Crippen molar-refractivity contribution in [2.45, 2.75) is 31.7 Å². The van der Waals surface area contributed by atoms with Crippen LogP contribution in [0.5, 0.6) is 5.75 Å². The summed E-state index contributed by atoms with van der Waals surface area (Å²) in [5.74, 6) is -0.00833. The molecule has 4 rings (SSSR count). The number of hydrogen-bond donors (Lipinski definition) is 1. The number of carbonyl (C=O) groups is 2. The Bertz CT molecular complexity index is 1160. The number of amides is 2. The van der Waals surface area contributed by atoms with Gasteiger partial charge in [0.05, 0.1) is 24.7 Å². The van der Waals surface area contributed by atoms with Gasteiger partial charge in [0, 0.05) is 30.5 Å². The minimum Gasteiger partial charge on any atom is -0.496 e. The lowest BCUT2D eigenvalue weighted by molar-refractivity contribution is -0.133. The topological polar surface area (TPSA) is 105 Å². The van der Waals surface area contributed by atoms with Gasteiger partial charge in [-0.1, -0.05) is 30.3 Å². The number of nitrogens with one attached hydrogen (secondary N) is 1. The Morgan fingerprint density at radius 1 is 1.19 bits per heavy atom. The molecule has 0 bridgehead atoms. The van der Waals surface area contributed by atoms with Gasteiger partial charge in [0.1, 0.15) is 11.5 Å². The standard InChI is InChI=1S/C23H25N3O5S/c1-31-21-9-7-18(14-17(21)13-16-5-3-2-4-6-16)24-23(28)20-8-10-22(27)26(25-20)19-11-12-32(29,30)15-19/h2-7,9,14,19H,8,10-13,15H2,1H3,(H,24,28). The first-order valence-corrected chi connectivity index (χ1v) is 12.3. The number of ether oxygens (including phenoxy) is 1. The van der Waals surface area contributed by atoms with Gasteiger partial charge in [0.15, 0.2) is 9.84 Å². The minimum absolute atomic E-state index is 0.0362. The van der Waals surface area contributed by atoms with Crippen LogP contribution in [0.4, 0.5) is 5.69 Å². The number of nitrogens with zero attached hydrogens (tertiary/aromatic N) is 2. The van der Waals surface area contributed by atoms with E-state index in [0.717, 1.165) is 16.9 Å². The number of anilines is 1. The van der Waals surface area contributed by atoms with E-state index in [1.54, 1.807) is 19.2 Å². The predicted molar refractivity (Wildman–Crippen MR) is 121 cm³/mol. The Morgan fingerprint density at radius 2 is 1.97 bits per heavy atom. The van der Waals surface area contributed by atoms with Gasteiger partial charge in [-0.05, 0) is 30.2 Å². The first-order valence-electron chi connectivity index (χ1n) is 10.5. The predicted octanol–water partition coefficient (Wildman–Crippen LogP) is 2.39. The molecule has 2 aliphatic heterocycles. The molecular formula is C23H25N3O5S. The number of carbonyl (C=O) groups excluding carboxylic acids is 2. The zero-order chi connectivity index (χ0) is 22.7. The van der Waals surface area contributed by atoms with Crippen molar-refractivity contribution in [2.24, 2.45) is 5.10 Å². The zero-order valence-electron chi connectivity index (χ0n) is 17.8. The Labute approximate surface area is 187 Å². The molecule has 2 amide bonds. The minimum atomic E-state index is -3.17. The van der Waals surface area contributed by atoms with Crippen LogP contribution in [-0.2, 0) is 25.8 Å². The normalized spacial score (nSPS) is 20.0. The van der Waals surface area contributed by atoms with E-state index >= 15 is 0 Å². The molecule has 1 saturated heterocycles. The van der Waals surface area contributed by atoms with Crippen LogP contribution in [0.15, 0.2) is 53.6 Å². The van der Waals surface area contributed by atoms with Crippen LogP contribution in [0.1, 0.15) is 30.4 Å². The summed E-state index contributed by atoms with van der Waals surface area (Å²) >= 11 is 0. The molecule has 2 aromatic carbocycles. The monoisotopic (exact) mass is 455 g/mol. The molecule has 0 spiro atoms. The van der Waals surface area contributed by atoms with Crippen LogP contribution in [-0.4, -0.2) is 55.6 Å². The molecule has 0 radical (unpaired) electrons. The maximum absolute atomic E-state index is 12.9. The average Bonchev–Trinajstić information content (AvgIpc) is 3.14. The maximum Gasteiger partial charge on any atom is 0.271 e. The van der Waals surface area contributed by atoms with Crippen molar-refractivity contribution in [3.63, 3.8) is 0 Å². The van der Waals surface area contributed by atoms with Gasteiger partial charge in [-0.25, -0.2) is 13.4 Å². The summed E-state index contributed by atoms with van der Waals surface area (Å²) in [6, 6.07) is 14.9. The Kier molecular flexibility index (Phi) is 6.27. The lowest BCUT2D eigenvalue weighted by atomic mass is 10.0. The van der Waals surface area contributed by atoms with E-state index in [1.807, 2.05) is 36.4 Å². The van der Waals surface area contributed by atoms with E-state index in [9.17, 15) is 18.0 Å². The van der Waals surface area contributed by atoms with E-state index in [-0.39, 0.29) is 36.0 Å². The van der Waals surface area contributed by atoms with E-state index < -0.39 is 21.8 Å². The van der Waals surface area contributed by atoms with Crippen molar-refractivity contribution >= 4 is 33.1 Å². The number of benzene rings is 2. The van der Waals surface area contributed by atoms with Gasteiger partial charge in [0.2, 0.25) is 5.91 Å². The quantitative estimate of drug-likeness (QED) is 0.720. The van der Waals surface area contributed by atoms with E-state index in [2.05, 4.69) is 10.4 Å². The Hall–Kier alpha value is -3.20. The second-order valence-corrected chi connectivity index (χ2v) is 10.2. The van der Waals surface area contributed by atoms with Crippen molar-refractivity contribution in [3.8, 4) is 5.75 Å². The number of hydrazone groups is 1. The molecule has 0 saturated carbocycles. The molecule has 1 atom stereocenters. The summed E-state index contributed by atoms with van der Waals surface area (Å²) in [6.07, 6.45) is 1.33. The summed E-state index contributed by atoms with van der Waals surface area (Å²) in [7, 11) is -1.56. The highest BCUT2D eigenvalue weighted by atomic mass is 32.2. The molecule has 9 heteroatoms. The van der Waals surface area contributed by atoms with E-state index in [4.69, 9.17) is 4.74 Å². The third-order valence-electron chi connectivity index (χ3n) is 5.65. The fourth-order valence-electron chi connectivity index (χ4n) is 4.00. The van der Waals surface area contributed by atoms with Crippen molar-refractivity contribution in [2.75, 3.05) is 23.9 Å². The largest absolute Gasteiger partial charge is 0.496 e. The van der Waals surface area contributed by atoms with Crippen LogP contribution in [0.25, 0.3) is 0 Å². The maximum atomic E-state index is 12.9. The van der Waals surface area contributed by atoms with Crippen molar-refractivity contribution in [3.05, 3.63) is 59.7 Å². The lowest BCUT2D eigenvalue weighted by Crippen LogP contribution is -2.42. The summed E-state index contributed by atoms with van der Waals surface area (Å²) in [5.41, 5.74) is 2.85. The highest BCUT2D eigenvalue weighted by Crippen LogP contribution is 2.26. The van der Waals surface area contributed by atoms with E-state index in [0.29, 0.717) is 18.5 Å². The van der Waals surface area contributed by atoms with Crippen LogP contribution in [0, 0.1) is 0 Å². The molecule has 2 heterocycles. The number of rotatable bonds is 6. The molecule has 1 N–H and O–H groups in total. The fraction of sp³-hybridized carbons (Fsp3) is 0.348. The van der Waals surface area contributed by atoms with Crippen LogP contribution >= 0.6 is 0 Å². The highest BCUT2D eigenvalue weighted by Gasteiger charge is 2.37. The molecule has 168 valence electrons. The average molecular weight is 456 g/mol. The van der Waals surface area contributed by atoms with Crippen molar-refractivity contribution < 1.29 is 22.7 Å². The first-order chi connectivity index (χ1) is 15.3. The van der Waals surface area contributed by atoms with Gasteiger partial charge in [-0.15, -0.1) is 0 Å². The zero-order valence-corrected chi connectivity index (χ0v) is 18.6. The van der Waals surface area contributed by atoms with E-state index in [1.165, 1.54) is 5.01 Å². The summed E-state index contributed by atoms with van der Waals surface area (Å²) in [4.78, 5) is 25.1. The van der Waals surface area contributed by atoms with Gasteiger partial charge in [0.25, 0.3) is 5.91 Å². The lowest BCUT2D eigenvalue weighted by Gasteiger charge is -2.27. The summed E-state index contributed by atoms with van der Waals surface area (Å²) in [5, 5.41) is 8.27. The molecule has 2 aromatic rings. The molecule has 1 fully saturated rings. The number of hydrogen-bond acceptors (Lipinski definition) is 6. The Balaban J connectivity index is 1.51. The molecule has 0 aliphatic carbocycles. The number of sulfone groups is 1.